The lowest BCUT2D eigenvalue weighted by Crippen LogP contribution is -2.28. The number of hydrogen-bond donors (Lipinski definition) is 0. The molecule has 0 saturated heterocycles. The van der Waals surface area contributed by atoms with E-state index < -0.39 is 5.97 Å². The van der Waals surface area contributed by atoms with Gasteiger partial charge in [-0.1, -0.05) is 6.92 Å². The Kier molecular flexibility index (Phi) is 4.04. The van der Waals surface area contributed by atoms with Crippen LogP contribution < -0.4 is 5.56 Å². The first-order valence-electron chi connectivity index (χ1n) is 7.79. The van der Waals surface area contributed by atoms with Crippen molar-refractivity contribution < 1.29 is 9.53 Å². The number of fused-ring (bicyclic) bond motifs is 3. The molecule has 3 rings (SSSR count). The Morgan fingerprint density at radius 3 is 2.91 bits per heavy atom. The van der Waals surface area contributed by atoms with E-state index in [9.17, 15) is 9.59 Å². The summed E-state index contributed by atoms with van der Waals surface area (Å²) in [6.07, 6.45) is 3.02. The Labute approximate surface area is 132 Å². The summed E-state index contributed by atoms with van der Waals surface area (Å²) >= 11 is 1.55. The van der Waals surface area contributed by atoms with Gasteiger partial charge in [0.25, 0.3) is 5.56 Å². The van der Waals surface area contributed by atoms with Crippen molar-refractivity contribution >= 4 is 27.5 Å². The normalized spacial score (nSPS) is 17.5. The summed E-state index contributed by atoms with van der Waals surface area (Å²) in [5.41, 5.74) is 1.04. The van der Waals surface area contributed by atoms with Crippen LogP contribution in [0.1, 0.15) is 48.3 Å². The lowest BCUT2D eigenvalue weighted by atomic mass is 9.89. The van der Waals surface area contributed by atoms with Crippen LogP contribution in [0.2, 0.25) is 0 Å². The zero-order valence-corrected chi connectivity index (χ0v) is 14.0. The Hall–Kier alpha value is -1.69. The maximum atomic E-state index is 12.8. The van der Waals surface area contributed by atoms with Gasteiger partial charge in [-0.05, 0) is 44.6 Å². The molecule has 0 N–H and O–H groups in total. The van der Waals surface area contributed by atoms with Crippen molar-refractivity contribution in [2.45, 2.75) is 46.6 Å². The fourth-order valence-electron chi connectivity index (χ4n) is 3.07. The third-order valence-corrected chi connectivity index (χ3v) is 5.34. The predicted molar refractivity (Wildman–Crippen MR) is 86.7 cm³/mol. The van der Waals surface area contributed by atoms with Crippen molar-refractivity contribution in [1.82, 2.24) is 9.55 Å². The van der Waals surface area contributed by atoms with Crippen molar-refractivity contribution in [3.63, 3.8) is 0 Å². The highest BCUT2D eigenvalue weighted by atomic mass is 32.1. The summed E-state index contributed by atoms with van der Waals surface area (Å²) in [5, 5.41) is 0.710. The zero-order chi connectivity index (χ0) is 15.9. The Morgan fingerprint density at radius 2 is 2.23 bits per heavy atom. The molecule has 0 fully saturated rings. The molecule has 1 aliphatic rings. The molecule has 0 aliphatic heterocycles. The summed E-state index contributed by atoms with van der Waals surface area (Å²) in [4.78, 5) is 31.3. The van der Waals surface area contributed by atoms with E-state index in [1.807, 2.05) is 6.92 Å². The van der Waals surface area contributed by atoms with Gasteiger partial charge in [0, 0.05) is 11.4 Å². The number of aromatic nitrogens is 2. The molecule has 0 bridgehead atoms. The van der Waals surface area contributed by atoms with Gasteiger partial charge in [-0.2, -0.15) is 0 Å². The molecule has 0 amide bonds. The molecule has 118 valence electrons. The van der Waals surface area contributed by atoms with Crippen LogP contribution in [-0.4, -0.2) is 22.1 Å². The van der Waals surface area contributed by atoms with E-state index in [1.165, 1.54) is 9.44 Å². The predicted octanol–water partition coefficient (Wildman–Crippen LogP) is 2.78. The SMILES string of the molecule is CCOC(=O)c1nc2sc3c(c2c(=O)n1CC)CC[C@H](C)C3. The maximum absolute atomic E-state index is 12.8. The van der Waals surface area contributed by atoms with E-state index in [0.29, 0.717) is 22.7 Å². The molecule has 1 aliphatic carbocycles. The Morgan fingerprint density at radius 1 is 1.45 bits per heavy atom. The Balaban J connectivity index is 2.24. The fraction of sp³-hybridized carbons (Fsp3) is 0.562. The van der Waals surface area contributed by atoms with Crippen molar-refractivity contribution in [2.75, 3.05) is 6.61 Å². The van der Waals surface area contributed by atoms with E-state index in [1.54, 1.807) is 18.3 Å². The average molecular weight is 320 g/mol. The fourth-order valence-corrected chi connectivity index (χ4v) is 4.44. The van der Waals surface area contributed by atoms with Gasteiger partial charge in [-0.25, -0.2) is 9.78 Å². The second kappa shape index (κ2) is 5.83. The number of esters is 1. The summed E-state index contributed by atoms with van der Waals surface area (Å²) in [6.45, 7) is 6.51. The smallest absolute Gasteiger partial charge is 0.374 e. The second-order valence-electron chi connectivity index (χ2n) is 5.74. The van der Waals surface area contributed by atoms with Crippen LogP contribution in [-0.2, 0) is 24.1 Å². The van der Waals surface area contributed by atoms with Crippen LogP contribution in [0.15, 0.2) is 4.79 Å². The molecule has 2 aromatic heterocycles. The first-order valence-corrected chi connectivity index (χ1v) is 8.60. The molecule has 6 heteroatoms. The number of carbonyl (C=O) groups excluding carboxylic acids is 1. The van der Waals surface area contributed by atoms with Crippen molar-refractivity contribution in [2.24, 2.45) is 5.92 Å². The lowest BCUT2D eigenvalue weighted by Gasteiger charge is -2.17. The molecule has 2 heterocycles. The van der Waals surface area contributed by atoms with Crippen molar-refractivity contribution in [3.05, 3.63) is 26.6 Å². The average Bonchev–Trinajstić information content (AvgIpc) is 2.84. The van der Waals surface area contributed by atoms with E-state index in [0.717, 1.165) is 24.8 Å². The highest BCUT2D eigenvalue weighted by Gasteiger charge is 2.26. The number of carbonyl (C=O) groups is 1. The topological polar surface area (TPSA) is 61.2 Å². The first kappa shape index (κ1) is 15.2. The highest BCUT2D eigenvalue weighted by Crippen LogP contribution is 2.35. The lowest BCUT2D eigenvalue weighted by molar-refractivity contribution is 0.0504. The molecule has 1 atom stereocenters. The number of hydrogen-bond acceptors (Lipinski definition) is 5. The maximum Gasteiger partial charge on any atom is 0.374 e. The number of rotatable bonds is 3. The number of thiophene rings is 1. The van der Waals surface area contributed by atoms with Crippen LogP contribution >= 0.6 is 11.3 Å². The van der Waals surface area contributed by atoms with Crippen LogP contribution in [0.3, 0.4) is 0 Å². The van der Waals surface area contributed by atoms with E-state index in [2.05, 4.69) is 11.9 Å². The molecule has 22 heavy (non-hydrogen) atoms. The van der Waals surface area contributed by atoms with Gasteiger partial charge >= 0.3 is 5.97 Å². The van der Waals surface area contributed by atoms with E-state index in [4.69, 9.17) is 4.74 Å². The molecular weight excluding hydrogens is 300 g/mol. The standard InChI is InChI=1S/C16H20N2O3S/c1-4-18-13(16(20)21-5-2)17-14-12(15(18)19)10-7-6-9(3)8-11(10)22-14/h9H,4-8H2,1-3H3/t9-/m0/s1. The third kappa shape index (κ3) is 2.35. The zero-order valence-electron chi connectivity index (χ0n) is 13.1. The second-order valence-corrected chi connectivity index (χ2v) is 6.82. The summed E-state index contributed by atoms with van der Waals surface area (Å²) < 4.78 is 6.47. The minimum absolute atomic E-state index is 0.109. The van der Waals surface area contributed by atoms with Gasteiger partial charge < -0.3 is 4.74 Å². The van der Waals surface area contributed by atoms with Crippen LogP contribution in [0.4, 0.5) is 0 Å². The van der Waals surface area contributed by atoms with E-state index >= 15 is 0 Å². The highest BCUT2D eigenvalue weighted by molar-refractivity contribution is 7.18. The summed E-state index contributed by atoms with van der Waals surface area (Å²) in [7, 11) is 0. The first-order chi connectivity index (χ1) is 10.6. The van der Waals surface area contributed by atoms with Gasteiger partial charge in [0.15, 0.2) is 0 Å². The van der Waals surface area contributed by atoms with Gasteiger partial charge in [0.05, 0.1) is 12.0 Å². The minimum atomic E-state index is -0.525. The van der Waals surface area contributed by atoms with E-state index in [-0.39, 0.29) is 18.0 Å². The van der Waals surface area contributed by atoms with Crippen LogP contribution in [0, 0.1) is 5.92 Å². The third-order valence-electron chi connectivity index (χ3n) is 4.19. The quantitative estimate of drug-likeness (QED) is 0.816. The largest absolute Gasteiger partial charge is 0.460 e. The monoisotopic (exact) mass is 320 g/mol. The molecule has 0 saturated carbocycles. The molecule has 0 aromatic carbocycles. The van der Waals surface area contributed by atoms with Crippen LogP contribution in [0.5, 0.6) is 0 Å². The van der Waals surface area contributed by atoms with Gasteiger partial charge in [-0.3, -0.25) is 9.36 Å². The summed E-state index contributed by atoms with van der Waals surface area (Å²) in [5.74, 6) is 0.232. The minimum Gasteiger partial charge on any atom is -0.460 e. The molecule has 2 aromatic rings. The number of ether oxygens (including phenoxy) is 1. The number of nitrogens with zero attached hydrogens (tertiary/aromatic N) is 2. The van der Waals surface area contributed by atoms with Crippen molar-refractivity contribution in [3.8, 4) is 0 Å². The van der Waals surface area contributed by atoms with Gasteiger partial charge in [-0.15, -0.1) is 11.3 Å². The Bertz CT molecular complexity index is 791. The van der Waals surface area contributed by atoms with Crippen LogP contribution in [0.25, 0.3) is 10.2 Å². The molecular formula is C16H20N2O3S. The van der Waals surface area contributed by atoms with Gasteiger partial charge in [0.2, 0.25) is 5.82 Å². The van der Waals surface area contributed by atoms with Gasteiger partial charge in [0.1, 0.15) is 4.83 Å². The summed E-state index contributed by atoms with van der Waals surface area (Å²) in [6, 6.07) is 0. The number of aryl methyl sites for hydroxylation is 1. The molecule has 5 nitrogen and oxygen atoms in total. The van der Waals surface area contributed by atoms with Crippen molar-refractivity contribution in [1.29, 1.82) is 0 Å². The molecule has 0 unspecified atom stereocenters. The molecule has 0 radical (unpaired) electrons. The molecule has 0 spiro atoms.